The van der Waals surface area contributed by atoms with Gasteiger partial charge in [-0.15, -0.1) is 97.2 Å². The van der Waals surface area contributed by atoms with E-state index in [1.807, 2.05) is 0 Å². The van der Waals surface area contributed by atoms with Gasteiger partial charge in [0.2, 0.25) is 23.7 Å². The summed E-state index contributed by atoms with van der Waals surface area (Å²) in [5.74, 6) is -4.36. The van der Waals surface area contributed by atoms with Gasteiger partial charge in [0.1, 0.15) is 34.4 Å². The average molecular weight is 1800 g/mol. The summed E-state index contributed by atoms with van der Waals surface area (Å²) in [5, 5.41) is 78.4. The van der Waals surface area contributed by atoms with Crippen LogP contribution < -0.4 is 20.7 Å². The maximum atomic E-state index is 12.2. The number of nitro groups is 1. The van der Waals surface area contributed by atoms with Gasteiger partial charge in [-0.25, -0.2) is 4.98 Å². The van der Waals surface area contributed by atoms with Crippen LogP contribution in [0.3, 0.4) is 0 Å². The van der Waals surface area contributed by atoms with Gasteiger partial charge in [-0.3, -0.25) is 37.3 Å². The molecule has 9 aromatic rings. The number of hydrogen-bond donors (Lipinski definition) is 9. The third kappa shape index (κ3) is 30.8. The van der Waals surface area contributed by atoms with E-state index in [0.29, 0.717) is 32.6 Å². The minimum atomic E-state index is -4.75. The third-order valence-electron chi connectivity index (χ3n) is 14.4. The summed E-state index contributed by atoms with van der Waals surface area (Å²) in [7, 11) is -32.0. The monoisotopic (exact) mass is 1800 g/mol. The Bertz CT molecular complexity index is 6300. The number of benzene rings is 6. The molecule has 9 rings (SSSR count). The number of fused-ring (bicyclic) bond motifs is 3. The van der Waals surface area contributed by atoms with Crippen LogP contribution in [0, 0.1) is 35.3 Å². The number of pyridine rings is 1. The van der Waals surface area contributed by atoms with Crippen LogP contribution in [0.5, 0.6) is 11.6 Å². The maximum Gasteiger partial charge on any atom is 0.425 e. The summed E-state index contributed by atoms with van der Waals surface area (Å²) in [6, 6.07) is 28.1. The zero-order chi connectivity index (χ0) is 86.0. The molecule has 3 heterocycles. The Labute approximate surface area is 670 Å². The second-order valence-electron chi connectivity index (χ2n) is 22.7. The minimum absolute atomic E-state index is 0.00280. The van der Waals surface area contributed by atoms with Crippen LogP contribution in [0.4, 0.5) is 80.4 Å². The molecular weight excluding hydrogens is 1740 g/mol. The molecule has 0 unspecified atom stereocenters. The van der Waals surface area contributed by atoms with Gasteiger partial charge in [-0.05, 0) is 129 Å². The molecule has 3 aromatic heterocycles. The van der Waals surface area contributed by atoms with Crippen LogP contribution in [0.2, 0.25) is 0 Å². The molecule has 0 saturated carbocycles. The lowest BCUT2D eigenvalue weighted by Gasteiger charge is -2.15. The summed E-state index contributed by atoms with van der Waals surface area (Å²) >= 11 is 2.07. The Balaban J connectivity index is 0.00000163. The molecule has 0 aliphatic carbocycles. The highest BCUT2D eigenvalue weighted by atomic mass is 32.2. The van der Waals surface area contributed by atoms with Gasteiger partial charge in [0.25, 0.3) is 56.3 Å². The van der Waals surface area contributed by atoms with Gasteiger partial charge >= 0.3 is 31.8 Å². The van der Waals surface area contributed by atoms with E-state index < -0.39 is 128 Å². The average Bonchev–Trinajstić information content (AvgIpc) is 1.58. The number of hydrogen-bond acceptors (Lipinski definition) is 41. The van der Waals surface area contributed by atoms with E-state index in [2.05, 4.69) is 82.9 Å². The molecular formula is C60H60N18O28S10. The van der Waals surface area contributed by atoms with E-state index in [9.17, 15) is 85.3 Å². The fourth-order valence-corrected chi connectivity index (χ4v) is 14.2. The number of thioether (sulfide) groups is 2. The molecule has 46 nitrogen and oxygen atoms in total. The predicted octanol–water partition coefficient (Wildman–Crippen LogP) is 10.4. The number of azo groups is 4. The lowest BCUT2D eigenvalue weighted by atomic mass is 10.1. The van der Waals surface area contributed by atoms with Crippen molar-refractivity contribution in [3.05, 3.63) is 142 Å². The van der Waals surface area contributed by atoms with E-state index in [1.54, 1.807) is 45.0 Å². The highest BCUT2D eigenvalue weighted by Gasteiger charge is 2.25. The Hall–Kier alpha value is -11.3. The lowest BCUT2D eigenvalue weighted by Crippen LogP contribution is -2.17. The molecule has 0 aliphatic heterocycles. The first-order valence-corrected chi connectivity index (χ1v) is 44.7. The number of imidazole rings is 1. The van der Waals surface area contributed by atoms with Gasteiger partial charge in [0.05, 0.1) is 73.2 Å². The molecule has 9 N–H and O–H groups in total. The van der Waals surface area contributed by atoms with E-state index in [4.69, 9.17) is 42.6 Å². The Kier molecular flexibility index (Phi) is 34.1. The van der Waals surface area contributed by atoms with Crippen molar-refractivity contribution in [3.8, 4) is 17.7 Å². The van der Waals surface area contributed by atoms with Gasteiger partial charge < -0.3 is 25.8 Å². The summed E-state index contributed by atoms with van der Waals surface area (Å²) in [4.78, 5) is 28.9. The van der Waals surface area contributed by atoms with Crippen molar-refractivity contribution in [2.45, 2.75) is 61.1 Å². The van der Waals surface area contributed by atoms with Crippen molar-refractivity contribution in [1.82, 2.24) is 24.3 Å². The molecule has 0 bridgehead atoms. The molecule has 56 heteroatoms. The summed E-state index contributed by atoms with van der Waals surface area (Å²) < 4.78 is 251. The van der Waals surface area contributed by atoms with Gasteiger partial charge in [-0.2, -0.15) is 67.4 Å². The maximum absolute atomic E-state index is 12.2. The van der Waals surface area contributed by atoms with Gasteiger partial charge in [0, 0.05) is 39.7 Å². The van der Waals surface area contributed by atoms with Crippen molar-refractivity contribution in [1.29, 1.82) is 5.26 Å². The number of nitrogens with one attached hydrogen (secondary N) is 3. The zero-order valence-corrected chi connectivity index (χ0v) is 67.5. The SMILES string of the molecule is CCc1c(N=Nc2cc(C)c(N=Nc3cc(Nc4nc(NCCS(=O)(=O)O)nc(Nc5cccc(S(=O)(=O)O)c5)n4)c(N=Nc4cc(C)c(N=Nc5ccccc5[N+](=O)[O-])cc4SCCCS(=O)(=O)O)cc3SCCCS(=O)(=O)O)cc2OCCCS(=O)(=O)O)c(O)n2c(nc3ccccc32)c1C#N.O=S(=O)=O.O=S(=O)=O.O=S(=O)=O. The van der Waals surface area contributed by atoms with Crippen LogP contribution in [-0.2, 0) is 88.8 Å². The van der Waals surface area contributed by atoms with E-state index in [0.717, 1.165) is 35.7 Å². The Morgan fingerprint density at radius 1 is 0.552 bits per heavy atom. The van der Waals surface area contributed by atoms with Crippen LogP contribution in [0.25, 0.3) is 16.7 Å². The molecule has 0 radical (unpaired) electrons. The van der Waals surface area contributed by atoms with Crippen molar-refractivity contribution in [2.75, 3.05) is 63.6 Å². The normalized spacial score (nSPS) is 11.9. The van der Waals surface area contributed by atoms with Crippen LogP contribution >= 0.6 is 23.5 Å². The molecule has 116 heavy (non-hydrogen) atoms. The number of aromatic hydroxyl groups is 1. The largest absolute Gasteiger partial charge is 0.493 e. The van der Waals surface area contributed by atoms with Gasteiger partial charge in [-0.1, -0.05) is 37.3 Å². The van der Waals surface area contributed by atoms with E-state index in [-0.39, 0.29) is 146 Å². The smallest absolute Gasteiger partial charge is 0.425 e. The number of rotatable bonds is 34. The highest BCUT2D eigenvalue weighted by molar-refractivity contribution is 7.99. The molecule has 0 saturated heterocycles. The summed E-state index contributed by atoms with van der Waals surface area (Å²) in [6.45, 7) is 4.14. The van der Waals surface area contributed by atoms with E-state index >= 15 is 0 Å². The van der Waals surface area contributed by atoms with Gasteiger partial charge in [0.15, 0.2) is 17.0 Å². The standard InChI is InChI=1S/C60H60N18O19S7.3O3S/c1-4-39-40(34-61)56-64-41-15-5-7-17-50(41)77(56)57(79)55(39)76-73-47-27-35(2)43(31-52(47)97-20-10-23-100(82,83)84)70-75-49-30-45(65-60-67-58(62-19-26-103(91,92)93)66-59(68-60)63-37-13-9-14-38(29-37)104(94,95)96)46(33-54(49)99-22-12-25-102(88,89)90)72-74-48-28-36(3)44(32-53(48)98-21-11-24-101(85,86)87)71-69-42-16-6-8-18-51(42)78(80)81;3*1-4(2)3/h5-9,13-18,27-33,79H,4,10-12,19-26H2,1-3H3,(H,82,83,84)(H,85,86,87)(H,88,89,90)(H,91,92,93)(H,94,95,96)(H3,62,63,65,66,67,68);;;. The van der Waals surface area contributed by atoms with Crippen molar-refractivity contribution < 1.29 is 117 Å². The first-order valence-electron chi connectivity index (χ1n) is 31.9. The lowest BCUT2D eigenvalue weighted by molar-refractivity contribution is -0.384. The quantitative estimate of drug-likeness (QED) is 0.00452. The fourth-order valence-electron chi connectivity index (χ4n) is 9.57. The Morgan fingerprint density at radius 2 is 1.03 bits per heavy atom. The molecule has 6 aromatic carbocycles. The number of nitriles is 1. The number of anilines is 5. The first-order chi connectivity index (χ1) is 54.3. The molecule has 0 atom stereocenters. The Morgan fingerprint density at radius 3 is 1.59 bits per heavy atom. The zero-order valence-electron chi connectivity index (χ0n) is 59.3. The van der Waals surface area contributed by atoms with Crippen molar-refractivity contribution >= 4 is 203 Å². The fraction of sp³-hybridized carbons (Fsp3) is 0.250. The number of para-hydroxylation sites is 3. The molecule has 0 fully saturated rings. The molecule has 0 aliphatic rings. The van der Waals surface area contributed by atoms with E-state index in [1.165, 1.54) is 77.2 Å². The summed E-state index contributed by atoms with van der Waals surface area (Å²) in [6.07, 6.45) is -0.240. The summed E-state index contributed by atoms with van der Waals surface area (Å²) in [5.41, 5.74) is 1.90. The molecule has 0 amide bonds. The molecule has 618 valence electrons. The number of nitrogens with zero attached hydrogens (tertiary/aromatic N) is 15. The highest BCUT2D eigenvalue weighted by Crippen LogP contribution is 2.46. The minimum Gasteiger partial charge on any atom is -0.493 e. The molecule has 0 spiro atoms. The first kappa shape index (κ1) is 93.5. The third-order valence-corrected chi connectivity index (χ3v) is 20.6. The number of nitro benzene ring substituents is 1. The van der Waals surface area contributed by atoms with Crippen LogP contribution in [0.1, 0.15) is 48.4 Å². The van der Waals surface area contributed by atoms with Crippen LogP contribution in [-0.4, -0.2) is 185 Å². The predicted molar refractivity (Wildman–Crippen MR) is 414 cm³/mol. The second kappa shape index (κ2) is 42.3. The van der Waals surface area contributed by atoms with Crippen molar-refractivity contribution in [2.24, 2.45) is 40.9 Å². The number of aryl methyl sites for hydroxylation is 2. The number of ether oxygens (including phenoxy) is 1. The van der Waals surface area contributed by atoms with Crippen molar-refractivity contribution in [3.63, 3.8) is 0 Å². The number of aromatic nitrogens is 5. The second-order valence-corrected chi connectivity index (χ2v) is 33.9. The van der Waals surface area contributed by atoms with Crippen LogP contribution in [0.15, 0.2) is 165 Å². The topological polar surface area (TPSA) is 713 Å².